The molecule has 0 atom stereocenters. The van der Waals surface area contributed by atoms with Crippen LogP contribution in [0.5, 0.6) is 5.75 Å². The Morgan fingerprint density at radius 1 is 1.26 bits per heavy atom. The molecular formula is C15H21N3O. The lowest BCUT2D eigenvalue weighted by Crippen LogP contribution is -2.04. The van der Waals surface area contributed by atoms with Gasteiger partial charge in [0.25, 0.3) is 0 Å². The largest absolute Gasteiger partial charge is 0.493 e. The van der Waals surface area contributed by atoms with Gasteiger partial charge in [-0.25, -0.2) is 0 Å². The molecule has 0 radical (unpaired) electrons. The number of aromatic amines is 1. The Morgan fingerprint density at radius 2 is 1.95 bits per heavy atom. The van der Waals surface area contributed by atoms with E-state index in [2.05, 4.69) is 24.0 Å². The number of rotatable bonds is 5. The van der Waals surface area contributed by atoms with Crippen LogP contribution < -0.4 is 10.5 Å². The lowest BCUT2D eigenvalue weighted by Gasteiger charge is -2.09. The highest BCUT2D eigenvalue weighted by Gasteiger charge is 2.09. The van der Waals surface area contributed by atoms with Crippen molar-refractivity contribution in [2.45, 2.75) is 27.3 Å². The van der Waals surface area contributed by atoms with Crippen molar-refractivity contribution in [1.29, 1.82) is 0 Å². The standard InChI is InChI=1S/C15H21N3O/c1-10(2)9-19-13-6-4-12(5-7-13)15-11(3)14(8-16)17-18-15/h4-7,10H,8-9,16H2,1-3H3,(H,17,18). The van der Waals surface area contributed by atoms with E-state index in [-0.39, 0.29) is 0 Å². The summed E-state index contributed by atoms with van der Waals surface area (Å²) in [6, 6.07) is 8.01. The van der Waals surface area contributed by atoms with Crippen LogP contribution in [-0.4, -0.2) is 16.8 Å². The Labute approximate surface area is 114 Å². The number of ether oxygens (including phenoxy) is 1. The normalized spacial score (nSPS) is 11.0. The first-order chi connectivity index (χ1) is 9.11. The van der Waals surface area contributed by atoms with E-state index in [1.807, 2.05) is 31.2 Å². The summed E-state index contributed by atoms with van der Waals surface area (Å²) in [4.78, 5) is 0. The molecule has 4 nitrogen and oxygen atoms in total. The number of nitrogens with zero attached hydrogens (tertiary/aromatic N) is 1. The van der Waals surface area contributed by atoms with E-state index in [1.165, 1.54) is 0 Å². The Morgan fingerprint density at radius 3 is 2.47 bits per heavy atom. The monoisotopic (exact) mass is 259 g/mol. The molecule has 0 aliphatic heterocycles. The smallest absolute Gasteiger partial charge is 0.119 e. The second kappa shape index (κ2) is 5.89. The maximum atomic E-state index is 5.67. The van der Waals surface area contributed by atoms with E-state index >= 15 is 0 Å². The zero-order valence-electron chi connectivity index (χ0n) is 11.7. The Bertz CT molecular complexity index is 529. The van der Waals surface area contributed by atoms with Gasteiger partial charge < -0.3 is 10.5 Å². The number of nitrogens with one attached hydrogen (secondary N) is 1. The van der Waals surface area contributed by atoms with Crippen LogP contribution in [0.4, 0.5) is 0 Å². The van der Waals surface area contributed by atoms with Crippen LogP contribution in [0.25, 0.3) is 11.3 Å². The van der Waals surface area contributed by atoms with Crippen molar-refractivity contribution in [1.82, 2.24) is 10.2 Å². The Balaban J connectivity index is 2.15. The summed E-state index contributed by atoms with van der Waals surface area (Å²) in [6.07, 6.45) is 0. The maximum Gasteiger partial charge on any atom is 0.119 e. The molecule has 1 heterocycles. The predicted molar refractivity (Wildman–Crippen MR) is 77.0 cm³/mol. The van der Waals surface area contributed by atoms with Crippen LogP contribution in [0.1, 0.15) is 25.1 Å². The molecule has 4 heteroatoms. The van der Waals surface area contributed by atoms with Gasteiger partial charge in [-0.15, -0.1) is 0 Å². The molecule has 0 aliphatic rings. The summed E-state index contributed by atoms with van der Waals surface area (Å²) in [5.41, 5.74) is 9.76. The summed E-state index contributed by atoms with van der Waals surface area (Å²) in [5.74, 6) is 1.42. The van der Waals surface area contributed by atoms with Gasteiger partial charge in [-0.3, -0.25) is 5.10 Å². The second-order valence-corrected chi connectivity index (χ2v) is 5.11. The molecule has 0 unspecified atom stereocenters. The summed E-state index contributed by atoms with van der Waals surface area (Å²) < 4.78 is 5.67. The number of hydrogen-bond acceptors (Lipinski definition) is 3. The number of hydrogen-bond donors (Lipinski definition) is 2. The fraction of sp³-hybridized carbons (Fsp3) is 0.400. The molecule has 1 aromatic heterocycles. The highest BCUT2D eigenvalue weighted by atomic mass is 16.5. The molecule has 1 aromatic carbocycles. The van der Waals surface area contributed by atoms with Gasteiger partial charge in [-0.1, -0.05) is 13.8 Å². The van der Waals surface area contributed by atoms with Crippen molar-refractivity contribution in [2.24, 2.45) is 11.7 Å². The highest BCUT2D eigenvalue weighted by Crippen LogP contribution is 2.25. The third-order valence-electron chi connectivity index (χ3n) is 3.03. The Hall–Kier alpha value is -1.81. The number of nitrogens with two attached hydrogens (primary N) is 1. The average Bonchev–Trinajstić information content (AvgIpc) is 2.78. The minimum absolute atomic E-state index is 0.481. The summed E-state index contributed by atoms with van der Waals surface area (Å²) in [5, 5.41) is 7.29. The lowest BCUT2D eigenvalue weighted by atomic mass is 10.1. The van der Waals surface area contributed by atoms with E-state index < -0.39 is 0 Å². The van der Waals surface area contributed by atoms with Gasteiger partial charge in [0.15, 0.2) is 0 Å². The van der Waals surface area contributed by atoms with Gasteiger partial charge in [-0.05, 0) is 42.7 Å². The van der Waals surface area contributed by atoms with E-state index in [0.717, 1.165) is 34.9 Å². The second-order valence-electron chi connectivity index (χ2n) is 5.11. The molecule has 0 fully saturated rings. The molecule has 0 saturated heterocycles. The summed E-state index contributed by atoms with van der Waals surface area (Å²) in [6.45, 7) is 7.52. The zero-order valence-corrected chi connectivity index (χ0v) is 11.7. The predicted octanol–water partition coefficient (Wildman–Crippen LogP) is 2.88. The lowest BCUT2D eigenvalue weighted by molar-refractivity contribution is 0.271. The molecule has 0 spiro atoms. The molecule has 0 saturated carbocycles. The van der Waals surface area contributed by atoms with Crippen molar-refractivity contribution in [2.75, 3.05) is 6.61 Å². The van der Waals surface area contributed by atoms with Gasteiger partial charge >= 0.3 is 0 Å². The SMILES string of the molecule is Cc1c(-c2ccc(OCC(C)C)cc2)n[nH]c1CN. The van der Waals surface area contributed by atoms with Gasteiger partial charge in [0.2, 0.25) is 0 Å². The molecular weight excluding hydrogens is 238 g/mol. The van der Waals surface area contributed by atoms with Crippen molar-refractivity contribution in [3.8, 4) is 17.0 Å². The van der Waals surface area contributed by atoms with Crippen LogP contribution in [-0.2, 0) is 6.54 Å². The van der Waals surface area contributed by atoms with Crippen molar-refractivity contribution in [3.63, 3.8) is 0 Å². The molecule has 2 aromatic rings. The summed E-state index contributed by atoms with van der Waals surface area (Å²) in [7, 11) is 0. The van der Waals surface area contributed by atoms with Gasteiger partial charge in [-0.2, -0.15) is 5.10 Å². The number of benzene rings is 1. The minimum atomic E-state index is 0.481. The minimum Gasteiger partial charge on any atom is -0.493 e. The van der Waals surface area contributed by atoms with E-state index in [1.54, 1.807) is 0 Å². The molecule has 0 bridgehead atoms. The summed E-state index contributed by atoms with van der Waals surface area (Å²) >= 11 is 0. The fourth-order valence-corrected chi connectivity index (χ4v) is 1.89. The van der Waals surface area contributed by atoms with Crippen molar-refractivity contribution < 1.29 is 4.74 Å². The average molecular weight is 259 g/mol. The first-order valence-electron chi connectivity index (χ1n) is 6.59. The zero-order chi connectivity index (χ0) is 13.8. The van der Waals surface area contributed by atoms with E-state index in [0.29, 0.717) is 12.5 Å². The topological polar surface area (TPSA) is 63.9 Å². The van der Waals surface area contributed by atoms with Gasteiger partial charge in [0.05, 0.1) is 18.0 Å². The highest BCUT2D eigenvalue weighted by molar-refractivity contribution is 5.64. The van der Waals surface area contributed by atoms with Crippen molar-refractivity contribution in [3.05, 3.63) is 35.5 Å². The third kappa shape index (κ3) is 3.15. The number of H-pyrrole nitrogens is 1. The molecule has 102 valence electrons. The van der Waals surface area contributed by atoms with Crippen LogP contribution in [0.15, 0.2) is 24.3 Å². The van der Waals surface area contributed by atoms with Crippen LogP contribution in [0, 0.1) is 12.8 Å². The van der Waals surface area contributed by atoms with Crippen LogP contribution >= 0.6 is 0 Å². The fourth-order valence-electron chi connectivity index (χ4n) is 1.89. The molecule has 0 aliphatic carbocycles. The molecule has 2 rings (SSSR count). The quantitative estimate of drug-likeness (QED) is 0.867. The Kier molecular flexibility index (Phi) is 4.22. The number of aromatic nitrogens is 2. The van der Waals surface area contributed by atoms with Crippen LogP contribution in [0.2, 0.25) is 0 Å². The van der Waals surface area contributed by atoms with Gasteiger partial charge in [0, 0.05) is 12.1 Å². The molecule has 19 heavy (non-hydrogen) atoms. The maximum absolute atomic E-state index is 5.67. The van der Waals surface area contributed by atoms with Gasteiger partial charge in [0.1, 0.15) is 5.75 Å². The molecule has 0 amide bonds. The van der Waals surface area contributed by atoms with E-state index in [4.69, 9.17) is 10.5 Å². The van der Waals surface area contributed by atoms with Crippen molar-refractivity contribution >= 4 is 0 Å². The first kappa shape index (κ1) is 13.6. The molecule has 3 N–H and O–H groups in total. The third-order valence-corrected chi connectivity index (χ3v) is 3.03. The van der Waals surface area contributed by atoms with E-state index in [9.17, 15) is 0 Å². The first-order valence-corrected chi connectivity index (χ1v) is 6.59. The van der Waals surface area contributed by atoms with Crippen LogP contribution in [0.3, 0.4) is 0 Å².